The van der Waals surface area contributed by atoms with E-state index in [4.69, 9.17) is 9.15 Å². The summed E-state index contributed by atoms with van der Waals surface area (Å²) in [7, 11) is 0. The first-order valence-corrected chi connectivity index (χ1v) is 9.55. The highest BCUT2D eigenvalue weighted by Crippen LogP contribution is 2.36. The summed E-state index contributed by atoms with van der Waals surface area (Å²) < 4.78 is 26.2. The summed E-state index contributed by atoms with van der Waals surface area (Å²) in [5.41, 5.74) is 4.07. The summed E-state index contributed by atoms with van der Waals surface area (Å²) in [5.74, 6) is 1.70. The molecule has 1 saturated carbocycles. The zero-order valence-electron chi connectivity index (χ0n) is 15.8. The van der Waals surface area contributed by atoms with E-state index in [0.29, 0.717) is 23.8 Å². The van der Waals surface area contributed by atoms with Crippen LogP contribution < -0.4 is 4.74 Å². The van der Waals surface area contributed by atoms with Gasteiger partial charge in [-0.25, -0.2) is 9.37 Å². The van der Waals surface area contributed by atoms with Gasteiger partial charge in [0.2, 0.25) is 0 Å². The minimum atomic E-state index is -0.249. The van der Waals surface area contributed by atoms with Gasteiger partial charge in [-0.2, -0.15) is 0 Å². The van der Waals surface area contributed by atoms with Gasteiger partial charge in [0.1, 0.15) is 30.1 Å². The number of rotatable bonds is 5. The van der Waals surface area contributed by atoms with Crippen molar-refractivity contribution in [3.8, 4) is 16.9 Å². The van der Waals surface area contributed by atoms with Crippen LogP contribution in [0.5, 0.6) is 5.75 Å². The number of ether oxygens (including phenoxy) is 1. The molecule has 140 valence electrons. The van der Waals surface area contributed by atoms with Crippen molar-refractivity contribution in [3.63, 3.8) is 0 Å². The van der Waals surface area contributed by atoms with Crippen LogP contribution in [0.1, 0.15) is 54.3 Å². The Hall–Kier alpha value is -2.62. The Kier molecular flexibility index (Phi) is 4.97. The second-order valence-electron chi connectivity index (χ2n) is 7.38. The molecular formula is C23H24FNO2. The van der Waals surface area contributed by atoms with E-state index in [1.54, 1.807) is 12.3 Å². The topological polar surface area (TPSA) is 35.3 Å². The molecule has 0 aliphatic heterocycles. The quantitative estimate of drug-likeness (QED) is 0.529. The van der Waals surface area contributed by atoms with Crippen LogP contribution in [-0.4, -0.2) is 4.98 Å². The first-order valence-electron chi connectivity index (χ1n) is 9.55. The van der Waals surface area contributed by atoms with Gasteiger partial charge < -0.3 is 9.15 Å². The fraction of sp³-hybridized carbons (Fsp3) is 0.348. The lowest BCUT2D eigenvalue weighted by atomic mass is 9.99. The monoisotopic (exact) mass is 365 g/mol. The van der Waals surface area contributed by atoms with Gasteiger partial charge in [-0.1, -0.05) is 42.7 Å². The van der Waals surface area contributed by atoms with Gasteiger partial charge in [0.15, 0.2) is 5.89 Å². The van der Waals surface area contributed by atoms with Gasteiger partial charge in [0.25, 0.3) is 0 Å². The second-order valence-corrected chi connectivity index (χ2v) is 7.38. The van der Waals surface area contributed by atoms with Crippen LogP contribution in [0.15, 0.2) is 47.1 Å². The third-order valence-electron chi connectivity index (χ3n) is 5.26. The van der Waals surface area contributed by atoms with Crippen LogP contribution in [0, 0.1) is 19.7 Å². The molecule has 0 amide bonds. The second kappa shape index (κ2) is 7.55. The number of para-hydroxylation sites is 1. The predicted octanol–water partition coefficient (Wildman–Crippen LogP) is 6.33. The molecule has 1 fully saturated rings. The zero-order chi connectivity index (χ0) is 18.8. The van der Waals surface area contributed by atoms with E-state index in [2.05, 4.69) is 4.98 Å². The summed E-state index contributed by atoms with van der Waals surface area (Å²) in [5, 5.41) is 0. The van der Waals surface area contributed by atoms with Gasteiger partial charge in [0.05, 0.1) is 0 Å². The highest BCUT2D eigenvalue weighted by atomic mass is 19.1. The van der Waals surface area contributed by atoms with Crippen molar-refractivity contribution in [2.75, 3.05) is 0 Å². The Balaban J connectivity index is 1.58. The number of halogens is 1. The van der Waals surface area contributed by atoms with Gasteiger partial charge >= 0.3 is 0 Å². The summed E-state index contributed by atoms with van der Waals surface area (Å²) in [6, 6.07) is 10.9. The fourth-order valence-electron chi connectivity index (χ4n) is 3.80. The summed E-state index contributed by atoms with van der Waals surface area (Å²) in [4.78, 5) is 4.61. The van der Waals surface area contributed by atoms with Crippen LogP contribution in [0.25, 0.3) is 11.1 Å². The third kappa shape index (κ3) is 3.75. The normalized spacial score (nSPS) is 14.6. The number of hydrogen-bond donors (Lipinski definition) is 0. The lowest BCUT2D eigenvalue weighted by molar-refractivity contribution is 0.300. The molecule has 3 nitrogen and oxygen atoms in total. The number of hydrogen-bond acceptors (Lipinski definition) is 3. The van der Waals surface area contributed by atoms with E-state index in [1.807, 2.05) is 38.1 Å². The van der Waals surface area contributed by atoms with Crippen LogP contribution in [0.2, 0.25) is 0 Å². The van der Waals surface area contributed by atoms with E-state index in [0.717, 1.165) is 41.1 Å². The molecule has 3 aromatic rings. The molecule has 0 atom stereocenters. The highest BCUT2D eigenvalue weighted by Gasteiger charge is 2.22. The molecule has 27 heavy (non-hydrogen) atoms. The SMILES string of the molecule is Cc1ccc(F)c(-c2cccc(C)c2OCc2coc(C3CCCC3)n2)c1. The average molecular weight is 365 g/mol. The van der Waals surface area contributed by atoms with Crippen molar-refractivity contribution in [1.82, 2.24) is 4.98 Å². The molecule has 0 unspecified atom stereocenters. The van der Waals surface area contributed by atoms with Gasteiger partial charge in [-0.05, 0) is 44.4 Å². The van der Waals surface area contributed by atoms with Gasteiger partial charge in [0, 0.05) is 17.0 Å². The molecule has 1 aliphatic rings. The Labute approximate surface area is 159 Å². The maximum atomic E-state index is 14.4. The summed E-state index contributed by atoms with van der Waals surface area (Å²) in [6.45, 7) is 4.24. The molecule has 0 saturated heterocycles. The fourth-order valence-corrected chi connectivity index (χ4v) is 3.80. The molecule has 0 radical (unpaired) electrons. The predicted molar refractivity (Wildman–Crippen MR) is 103 cm³/mol. The number of aryl methyl sites for hydroxylation is 2. The van der Waals surface area contributed by atoms with Crippen LogP contribution in [-0.2, 0) is 6.61 Å². The first kappa shape index (κ1) is 17.8. The van der Waals surface area contributed by atoms with E-state index >= 15 is 0 Å². The van der Waals surface area contributed by atoms with Crippen LogP contribution >= 0.6 is 0 Å². The molecule has 4 heteroatoms. The van der Waals surface area contributed by atoms with E-state index in [-0.39, 0.29) is 5.82 Å². The van der Waals surface area contributed by atoms with E-state index in [9.17, 15) is 4.39 Å². The molecular weight excluding hydrogens is 341 g/mol. The molecule has 1 aromatic heterocycles. The first-order chi connectivity index (χ1) is 13.1. The molecule has 0 spiro atoms. The highest BCUT2D eigenvalue weighted by molar-refractivity contribution is 5.73. The summed E-state index contributed by atoms with van der Waals surface area (Å²) in [6.07, 6.45) is 6.46. The largest absolute Gasteiger partial charge is 0.486 e. The van der Waals surface area contributed by atoms with Crippen LogP contribution in [0.3, 0.4) is 0 Å². The molecule has 0 bridgehead atoms. The van der Waals surface area contributed by atoms with Crippen molar-refractivity contribution < 1.29 is 13.5 Å². The van der Waals surface area contributed by atoms with E-state index < -0.39 is 0 Å². The minimum Gasteiger partial charge on any atom is -0.486 e. The lowest BCUT2D eigenvalue weighted by Gasteiger charge is -2.14. The Morgan fingerprint density at radius 1 is 1.11 bits per heavy atom. The molecule has 2 aromatic carbocycles. The van der Waals surface area contributed by atoms with Crippen LogP contribution in [0.4, 0.5) is 4.39 Å². The zero-order valence-corrected chi connectivity index (χ0v) is 15.8. The molecule has 1 heterocycles. The van der Waals surface area contributed by atoms with Crippen molar-refractivity contribution >= 4 is 0 Å². The van der Waals surface area contributed by atoms with Crippen molar-refractivity contribution in [1.29, 1.82) is 0 Å². The lowest BCUT2D eigenvalue weighted by Crippen LogP contribution is -2.01. The molecule has 1 aliphatic carbocycles. The number of oxazole rings is 1. The van der Waals surface area contributed by atoms with Crippen molar-refractivity contribution in [2.24, 2.45) is 0 Å². The Morgan fingerprint density at radius 2 is 1.93 bits per heavy atom. The van der Waals surface area contributed by atoms with E-state index in [1.165, 1.54) is 18.9 Å². The smallest absolute Gasteiger partial charge is 0.197 e. The van der Waals surface area contributed by atoms with Gasteiger partial charge in [-0.15, -0.1) is 0 Å². The number of aromatic nitrogens is 1. The Bertz CT molecular complexity index is 941. The standard InChI is InChI=1S/C23H24FNO2/c1-15-10-11-21(24)20(12-15)19-9-5-6-16(2)22(19)26-13-18-14-27-23(25-18)17-7-3-4-8-17/h5-6,9-12,14,17H,3-4,7-8,13H2,1-2H3. The Morgan fingerprint density at radius 3 is 2.74 bits per heavy atom. The maximum Gasteiger partial charge on any atom is 0.197 e. The average Bonchev–Trinajstić information content (AvgIpc) is 3.34. The molecule has 0 N–H and O–H groups in total. The third-order valence-corrected chi connectivity index (χ3v) is 5.26. The number of benzene rings is 2. The van der Waals surface area contributed by atoms with Crippen molar-refractivity contribution in [3.05, 3.63) is 71.2 Å². The maximum absolute atomic E-state index is 14.4. The minimum absolute atomic E-state index is 0.249. The number of nitrogens with zero attached hydrogens (tertiary/aromatic N) is 1. The summed E-state index contributed by atoms with van der Waals surface area (Å²) >= 11 is 0. The van der Waals surface area contributed by atoms with Crippen molar-refractivity contribution in [2.45, 2.75) is 52.1 Å². The van der Waals surface area contributed by atoms with Gasteiger partial charge in [-0.3, -0.25) is 0 Å². The molecule has 4 rings (SSSR count).